The lowest BCUT2D eigenvalue weighted by atomic mass is 10.0. The van der Waals surface area contributed by atoms with Crippen LogP contribution >= 0.6 is 0 Å². The molecule has 0 spiro atoms. The van der Waals surface area contributed by atoms with Crippen LogP contribution in [0.1, 0.15) is 30.0 Å². The third-order valence-corrected chi connectivity index (χ3v) is 5.38. The van der Waals surface area contributed by atoms with Crippen LogP contribution < -0.4 is 5.32 Å². The third kappa shape index (κ3) is 4.46. The van der Waals surface area contributed by atoms with Gasteiger partial charge in [-0.1, -0.05) is 13.0 Å². The molecule has 3 rings (SSSR count). The number of carbonyl (C=O) groups excluding carboxylic acids is 1. The zero-order chi connectivity index (χ0) is 18.7. The van der Waals surface area contributed by atoms with Gasteiger partial charge in [0.1, 0.15) is 5.58 Å². The van der Waals surface area contributed by atoms with Crippen molar-refractivity contribution in [3.05, 3.63) is 35.1 Å². The average molecular weight is 357 g/mol. The Kier molecular flexibility index (Phi) is 5.99. The van der Waals surface area contributed by atoms with Gasteiger partial charge in [0.25, 0.3) is 0 Å². The summed E-state index contributed by atoms with van der Waals surface area (Å²) in [4.78, 5) is 17.4. The molecular weight excluding hydrogens is 326 g/mol. The molecule has 0 bridgehead atoms. The number of carbonyl (C=O) groups is 1. The lowest BCUT2D eigenvalue weighted by molar-refractivity contribution is -0.121. The van der Waals surface area contributed by atoms with E-state index in [9.17, 15) is 4.79 Å². The second-order valence-electron chi connectivity index (χ2n) is 7.67. The van der Waals surface area contributed by atoms with Gasteiger partial charge in [-0.05, 0) is 44.5 Å². The maximum Gasteiger partial charge on any atom is 0.224 e. The number of fused-ring (bicyclic) bond motifs is 1. The van der Waals surface area contributed by atoms with Gasteiger partial charge in [-0.2, -0.15) is 0 Å². The summed E-state index contributed by atoms with van der Waals surface area (Å²) in [5, 5.41) is 4.30. The summed E-state index contributed by atoms with van der Waals surface area (Å²) < 4.78 is 5.68. The largest absolute Gasteiger partial charge is 0.464 e. The van der Waals surface area contributed by atoms with Gasteiger partial charge in [0, 0.05) is 49.7 Å². The monoisotopic (exact) mass is 357 g/mol. The van der Waals surface area contributed by atoms with E-state index in [1.54, 1.807) is 6.26 Å². The standard InChI is InChI=1S/C21H31N3O2/c1-5-18(13-24-8-6-23(4)7-9-24)22-20(25)12-17-14-26-19-11-15(2)10-16(3)21(17)19/h10-11,14,18H,5-9,12-13H2,1-4H3,(H,22,25)/t18-/m1/s1. The van der Waals surface area contributed by atoms with Gasteiger partial charge < -0.3 is 14.6 Å². The van der Waals surface area contributed by atoms with E-state index in [4.69, 9.17) is 4.42 Å². The molecule has 1 amide bonds. The van der Waals surface area contributed by atoms with E-state index in [0.717, 1.165) is 55.7 Å². The minimum absolute atomic E-state index is 0.0775. The van der Waals surface area contributed by atoms with Crippen LogP contribution in [-0.2, 0) is 11.2 Å². The molecule has 5 nitrogen and oxygen atoms in total. The number of hydrogen-bond donors (Lipinski definition) is 1. The number of hydrogen-bond acceptors (Lipinski definition) is 4. The molecular formula is C21H31N3O2. The smallest absolute Gasteiger partial charge is 0.224 e. The summed E-state index contributed by atoms with van der Waals surface area (Å²) >= 11 is 0. The van der Waals surface area contributed by atoms with Gasteiger partial charge in [-0.25, -0.2) is 0 Å². The number of rotatable bonds is 6. The molecule has 1 fully saturated rings. The highest BCUT2D eigenvalue weighted by atomic mass is 16.3. The van der Waals surface area contributed by atoms with Crippen molar-refractivity contribution < 1.29 is 9.21 Å². The lowest BCUT2D eigenvalue weighted by Crippen LogP contribution is -2.50. The molecule has 1 N–H and O–H groups in total. The Hall–Kier alpha value is -1.85. The molecule has 1 saturated heterocycles. The maximum atomic E-state index is 12.6. The Morgan fingerprint density at radius 2 is 1.96 bits per heavy atom. The fourth-order valence-electron chi connectivity index (χ4n) is 3.83. The second kappa shape index (κ2) is 8.23. The highest BCUT2D eigenvalue weighted by Crippen LogP contribution is 2.26. The van der Waals surface area contributed by atoms with Crippen LogP contribution in [0.25, 0.3) is 11.0 Å². The van der Waals surface area contributed by atoms with Crippen LogP contribution in [0.4, 0.5) is 0 Å². The Balaban J connectivity index is 1.61. The fraction of sp³-hybridized carbons (Fsp3) is 0.571. The van der Waals surface area contributed by atoms with E-state index >= 15 is 0 Å². The van der Waals surface area contributed by atoms with Crippen molar-refractivity contribution in [1.82, 2.24) is 15.1 Å². The number of benzene rings is 1. The number of likely N-dealkylation sites (N-methyl/N-ethyl adjacent to an activating group) is 1. The number of furan rings is 1. The summed E-state index contributed by atoms with van der Waals surface area (Å²) in [5.41, 5.74) is 4.19. The number of nitrogens with one attached hydrogen (secondary N) is 1. The number of piperazine rings is 1. The van der Waals surface area contributed by atoms with Crippen molar-refractivity contribution in [3.8, 4) is 0 Å². The molecule has 0 aliphatic carbocycles. The van der Waals surface area contributed by atoms with Gasteiger partial charge in [-0.15, -0.1) is 0 Å². The van der Waals surface area contributed by atoms with Crippen molar-refractivity contribution in [2.45, 2.75) is 39.7 Å². The molecule has 5 heteroatoms. The first-order chi connectivity index (χ1) is 12.5. The molecule has 1 aromatic carbocycles. The van der Waals surface area contributed by atoms with Crippen LogP contribution in [0, 0.1) is 13.8 Å². The number of amides is 1. The molecule has 0 saturated carbocycles. The topological polar surface area (TPSA) is 48.7 Å². The lowest BCUT2D eigenvalue weighted by Gasteiger charge is -2.34. The van der Waals surface area contributed by atoms with Crippen molar-refractivity contribution in [2.75, 3.05) is 39.8 Å². The first-order valence-corrected chi connectivity index (χ1v) is 9.64. The fourth-order valence-corrected chi connectivity index (χ4v) is 3.83. The number of aryl methyl sites for hydroxylation is 2. The summed E-state index contributed by atoms with van der Waals surface area (Å²) in [6.45, 7) is 11.6. The van der Waals surface area contributed by atoms with Gasteiger partial charge in [0.05, 0.1) is 12.7 Å². The Labute approximate surface area is 156 Å². The molecule has 0 radical (unpaired) electrons. The highest BCUT2D eigenvalue weighted by Gasteiger charge is 2.20. The second-order valence-corrected chi connectivity index (χ2v) is 7.67. The molecule has 0 unspecified atom stereocenters. The van der Waals surface area contributed by atoms with E-state index in [1.807, 2.05) is 6.07 Å². The van der Waals surface area contributed by atoms with Crippen LogP contribution in [0.15, 0.2) is 22.8 Å². The normalized spacial score (nSPS) is 17.5. The summed E-state index contributed by atoms with van der Waals surface area (Å²) in [6.07, 6.45) is 3.05. The molecule has 2 heterocycles. The quantitative estimate of drug-likeness (QED) is 0.864. The summed E-state index contributed by atoms with van der Waals surface area (Å²) in [5.74, 6) is 0.0775. The minimum atomic E-state index is 0.0775. The first kappa shape index (κ1) is 18.9. The Bertz CT molecular complexity index is 760. The zero-order valence-corrected chi connectivity index (χ0v) is 16.5. The Morgan fingerprint density at radius 3 is 2.65 bits per heavy atom. The van der Waals surface area contributed by atoms with E-state index in [2.05, 4.69) is 49.0 Å². The predicted octanol–water partition coefficient (Wildman–Crippen LogP) is 2.73. The number of nitrogens with zero attached hydrogens (tertiary/aromatic N) is 2. The Morgan fingerprint density at radius 1 is 1.23 bits per heavy atom. The van der Waals surface area contributed by atoms with Gasteiger partial charge in [0.2, 0.25) is 5.91 Å². The SMILES string of the molecule is CC[C@H](CN1CCN(C)CC1)NC(=O)Cc1coc2cc(C)cc(C)c12. The molecule has 1 aromatic heterocycles. The van der Waals surface area contributed by atoms with Gasteiger partial charge >= 0.3 is 0 Å². The maximum absolute atomic E-state index is 12.6. The van der Waals surface area contributed by atoms with Crippen LogP contribution in [0.2, 0.25) is 0 Å². The van der Waals surface area contributed by atoms with E-state index in [1.165, 1.54) is 11.1 Å². The van der Waals surface area contributed by atoms with E-state index in [0.29, 0.717) is 6.42 Å². The predicted molar refractivity (Wildman–Crippen MR) is 106 cm³/mol. The van der Waals surface area contributed by atoms with Crippen molar-refractivity contribution in [3.63, 3.8) is 0 Å². The molecule has 2 aromatic rings. The van der Waals surface area contributed by atoms with Crippen molar-refractivity contribution in [2.24, 2.45) is 0 Å². The zero-order valence-electron chi connectivity index (χ0n) is 16.5. The van der Waals surface area contributed by atoms with Crippen LogP contribution in [0.3, 0.4) is 0 Å². The average Bonchev–Trinajstić information content (AvgIpc) is 2.98. The molecule has 142 valence electrons. The first-order valence-electron chi connectivity index (χ1n) is 9.64. The van der Waals surface area contributed by atoms with E-state index < -0.39 is 0 Å². The van der Waals surface area contributed by atoms with Crippen molar-refractivity contribution >= 4 is 16.9 Å². The highest BCUT2D eigenvalue weighted by molar-refractivity contribution is 5.90. The summed E-state index contributed by atoms with van der Waals surface area (Å²) in [7, 11) is 2.16. The molecule has 1 aliphatic rings. The van der Waals surface area contributed by atoms with E-state index in [-0.39, 0.29) is 11.9 Å². The van der Waals surface area contributed by atoms with Gasteiger partial charge in [-0.3, -0.25) is 9.69 Å². The molecule has 1 atom stereocenters. The van der Waals surface area contributed by atoms with Crippen LogP contribution in [-0.4, -0.2) is 61.5 Å². The summed E-state index contributed by atoms with van der Waals surface area (Å²) in [6, 6.07) is 4.38. The molecule has 26 heavy (non-hydrogen) atoms. The minimum Gasteiger partial charge on any atom is -0.464 e. The van der Waals surface area contributed by atoms with Crippen molar-refractivity contribution in [1.29, 1.82) is 0 Å². The third-order valence-electron chi connectivity index (χ3n) is 5.38. The molecule has 1 aliphatic heterocycles. The van der Waals surface area contributed by atoms with Gasteiger partial charge in [0.15, 0.2) is 0 Å². The van der Waals surface area contributed by atoms with Crippen LogP contribution in [0.5, 0.6) is 0 Å².